The Balaban J connectivity index is 1.41. The van der Waals surface area contributed by atoms with Gasteiger partial charge in [0.15, 0.2) is 6.61 Å². The molecule has 1 saturated heterocycles. The minimum Gasteiger partial charge on any atom is -0.495 e. The van der Waals surface area contributed by atoms with Gasteiger partial charge in [0, 0.05) is 0 Å². The number of fused-ring (bicyclic) bond motifs is 1. The summed E-state index contributed by atoms with van der Waals surface area (Å²) in [7, 11) is 1.49. The van der Waals surface area contributed by atoms with Crippen molar-refractivity contribution in [2.75, 3.05) is 23.9 Å². The van der Waals surface area contributed by atoms with Crippen LogP contribution in [-0.2, 0) is 19.1 Å². The largest absolute Gasteiger partial charge is 0.495 e. The van der Waals surface area contributed by atoms with Gasteiger partial charge in [0.1, 0.15) is 5.75 Å². The highest BCUT2D eigenvalue weighted by molar-refractivity contribution is 6.22. The maximum Gasteiger partial charge on any atom is 0.338 e. The number of allylic oxidation sites excluding steroid dienone is 2. The van der Waals surface area contributed by atoms with Gasteiger partial charge in [-0.2, -0.15) is 0 Å². The van der Waals surface area contributed by atoms with Crippen LogP contribution < -0.4 is 15.0 Å². The van der Waals surface area contributed by atoms with Crippen molar-refractivity contribution in [3.63, 3.8) is 0 Å². The summed E-state index contributed by atoms with van der Waals surface area (Å²) in [6.45, 7) is -0.501. The molecule has 1 aliphatic carbocycles. The second-order valence-electron chi connectivity index (χ2n) is 7.54. The molecule has 8 nitrogen and oxygen atoms in total. The number of carbonyl (C=O) groups excluding carboxylic acids is 4. The molecule has 3 amide bonds. The van der Waals surface area contributed by atoms with Crippen molar-refractivity contribution in [2.45, 2.75) is 12.8 Å². The summed E-state index contributed by atoms with van der Waals surface area (Å²) in [5.41, 5.74) is 0.920. The molecule has 0 radical (unpaired) electrons. The van der Waals surface area contributed by atoms with E-state index in [4.69, 9.17) is 9.47 Å². The van der Waals surface area contributed by atoms with Gasteiger partial charge in [-0.25, -0.2) is 4.79 Å². The number of nitrogens with one attached hydrogen (secondary N) is 1. The van der Waals surface area contributed by atoms with Crippen LogP contribution in [0, 0.1) is 11.8 Å². The van der Waals surface area contributed by atoms with Crippen LogP contribution in [0.2, 0.25) is 0 Å². The summed E-state index contributed by atoms with van der Waals surface area (Å²) in [6.07, 6.45) is 4.91. The number of para-hydroxylation sites is 2. The first kappa shape index (κ1) is 21.3. The van der Waals surface area contributed by atoms with E-state index in [1.54, 1.807) is 36.4 Å². The number of rotatable bonds is 6. The Morgan fingerprint density at radius 3 is 2.38 bits per heavy atom. The van der Waals surface area contributed by atoms with Gasteiger partial charge < -0.3 is 14.8 Å². The van der Waals surface area contributed by atoms with Crippen LogP contribution in [0.4, 0.5) is 11.4 Å². The summed E-state index contributed by atoms with van der Waals surface area (Å²) < 4.78 is 10.3. The fraction of sp³-hybridized carbons (Fsp3) is 0.250. The highest BCUT2D eigenvalue weighted by Gasteiger charge is 2.47. The van der Waals surface area contributed by atoms with Gasteiger partial charge in [-0.3, -0.25) is 19.3 Å². The van der Waals surface area contributed by atoms with Crippen LogP contribution in [0.15, 0.2) is 60.7 Å². The third kappa shape index (κ3) is 4.12. The number of esters is 1. The van der Waals surface area contributed by atoms with E-state index < -0.39 is 18.5 Å². The van der Waals surface area contributed by atoms with E-state index in [9.17, 15) is 19.2 Å². The third-order valence-corrected chi connectivity index (χ3v) is 5.56. The highest BCUT2D eigenvalue weighted by Crippen LogP contribution is 2.37. The number of imide groups is 1. The maximum atomic E-state index is 12.8. The third-order valence-electron chi connectivity index (χ3n) is 5.56. The smallest absolute Gasteiger partial charge is 0.338 e. The average Bonchev–Trinajstić information content (AvgIpc) is 3.08. The minimum atomic E-state index is -0.736. The Morgan fingerprint density at radius 2 is 1.69 bits per heavy atom. The quantitative estimate of drug-likeness (QED) is 0.426. The van der Waals surface area contributed by atoms with E-state index >= 15 is 0 Å². The maximum absolute atomic E-state index is 12.8. The summed E-state index contributed by atoms with van der Waals surface area (Å²) >= 11 is 0. The predicted octanol–water partition coefficient (Wildman–Crippen LogP) is 2.95. The molecule has 0 unspecified atom stereocenters. The lowest BCUT2D eigenvalue weighted by molar-refractivity contribution is -0.122. The van der Waals surface area contributed by atoms with Crippen LogP contribution in [0.1, 0.15) is 23.2 Å². The molecule has 0 spiro atoms. The molecule has 2 aromatic carbocycles. The molecule has 2 atom stereocenters. The van der Waals surface area contributed by atoms with Crippen LogP contribution >= 0.6 is 0 Å². The van der Waals surface area contributed by atoms with Crippen molar-refractivity contribution in [3.8, 4) is 5.75 Å². The van der Waals surface area contributed by atoms with Gasteiger partial charge in [0.2, 0.25) is 11.8 Å². The summed E-state index contributed by atoms with van der Waals surface area (Å²) in [6, 6.07) is 13.0. The Morgan fingerprint density at radius 1 is 1.00 bits per heavy atom. The Hall–Kier alpha value is -3.94. The first-order chi connectivity index (χ1) is 15.5. The lowest BCUT2D eigenvalue weighted by Crippen LogP contribution is -2.31. The van der Waals surface area contributed by atoms with Gasteiger partial charge in [-0.1, -0.05) is 30.4 Å². The molecule has 2 aliphatic rings. The molecule has 0 saturated carbocycles. The van der Waals surface area contributed by atoms with Crippen molar-refractivity contribution < 1.29 is 28.7 Å². The molecular formula is C24H22N2O6. The Kier molecular flexibility index (Phi) is 6.02. The van der Waals surface area contributed by atoms with E-state index in [1.165, 1.54) is 19.2 Å². The Bertz CT molecular complexity index is 1080. The lowest BCUT2D eigenvalue weighted by atomic mass is 9.85. The van der Waals surface area contributed by atoms with Gasteiger partial charge in [0.25, 0.3) is 5.91 Å². The number of anilines is 2. The van der Waals surface area contributed by atoms with Crippen molar-refractivity contribution in [1.82, 2.24) is 0 Å². The van der Waals surface area contributed by atoms with Crippen LogP contribution in [0.25, 0.3) is 0 Å². The van der Waals surface area contributed by atoms with Crippen molar-refractivity contribution in [3.05, 3.63) is 66.2 Å². The zero-order valence-corrected chi connectivity index (χ0v) is 17.4. The summed E-state index contributed by atoms with van der Waals surface area (Å²) in [4.78, 5) is 51.3. The minimum absolute atomic E-state index is 0.140. The van der Waals surface area contributed by atoms with Crippen molar-refractivity contribution in [1.29, 1.82) is 0 Å². The van der Waals surface area contributed by atoms with Gasteiger partial charge in [0.05, 0.1) is 35.9 Å². The second-order valence-corrected chi connectivity index (χ2v) is 7.54. The van der Waals surface area contributed by atoms with E-state index in [0.717, 1.165) is 4.90 Å². The SMILES string of the molecule is COc1ccccc1NC(=O)COC(=O)c1cccc(N2C(=O)[C@H]3CC=CC[C@@H]3C2=O)c1. The number of nitrogens with zero attached hydrogens (tertiary/aromatic N) is 1. The van der Waals surface area contributed by atoms with Crippen molar-refractivity contribution in [2.24, 2.45) is 11.8 Å². The number of ether oxygens (including phenoxy) is 2. The molecule has 1 fully saturated rings. The zero-order chi connectivity index (χ0) is 22.7. The number of amides is 3. The van der Waals surface area contributed by atoms with Gasteiger partial charge in [-0.15, -0.1) is 0 Å². The molecule has 1 N–H and O–H groups in total. The molecule has 4 rings (SSSR count). The van der Waals surface area contributed by atoms with Crippen LogP contribution in [0.5, 0.6) is 5.75 Å². The highest BCUT2D eigenvalue weighted by atomic mass is 16.5. The molecule has 2 aromatic rings. The average molecular weight is 434 g/mol. The molecule has 0 bridgehead atoms. The van der Waals surface area contributed by atoms with Crippen LogP contribution in [0.3, 0.4) is 0 Å². The molecule has 0 aromatic heterocycles. The molecule has 1 heterocycles. The number of hydrogen-bond donors (Lipinski definition) is 1. The first-order valence-corrected chi connectivity index (χ1v) is 10.2. The zero-order valence-electron chi connectivity index (χ0n) is 17.4. The number of benzene rings is 2. The van der Waals surface area contributed by atoms with E-state index in [1.807, 2.05) is 12.2 Å². The Labute approximate surface area is 184 Å². The van der Waals surface area contributed by atoms with E-state index in [-0.39, 0.29) is 29.2 Å². The topological polar surface area (TPSA) is 102 Å². The second kappa shape index (κ2) is 9.05. The summed E-state index contributed by atoms with van der Waals surface area (Å²) in [5.74, 6) is -2.02. The van der Waals surface area contributed by atoms with Gasteiger partial charge >= 0.3 is 5.97 Å². The molecule has 164 valence electrons. The number of carbonyl (C=O) groups is 4. The summed E-state index contributed by atoms with van der Waals surface area (Å²) in [5, 5.41) is 2.62. The molecule has 1 aliphatic heterocycles. The van der Waals surface area contributed by atoms with Gasteiger partial charge in [-0.05, 0) is 43.2 Å². The monoisotopic (exact) mass is 434 g/mol. The molecular weight excluding hydrogens is 412 g/mol. The fourth-order valence-electron chi connectivity index (χ4n) is 3.98. The standard InChI is InChI=1S/C24H22N2O6/c1-31-20-12-5-4-11-19(20)25-21(27)14-32-24(30)15-7-6-8-16(13-15)26-22(28)17-9-2-3-10-18(17)23(26)29/h2-8,11-13,17-18H,9-10,14H2,1H3,(H,25,27)/t17-,18-/m0/s1. The number of hydrogen-bond acceptors (Lipinski definition) is 6. The predicted molar refractivity (Wildman–Crippen MR) is 116 cm³/mol. The lowest BCUT2D eigenvalue weighted by Gasteiger charge is -2.15. The van der Waals surface area contributed by atoms with E-state index in [0.29, 0.717) is 30.0 Å². The van der Waals surface area contributed by atoms with E-state index in [2.05, 4.69) is 5.32 Å². The van der Waals surface area contributed by atoms with Crippen molar-refractivity contribution >= 4 is 35.1 Å². The first-order valence-electron chi connectivity index (χ1n) is 10.2. The fourth-order valence-corrected chi connectivity index (χ4v) is 3.98. The van der Waals surface area contributed by atoms with Crippen LogP contribution in [-0.4, -0.2) is 37.4 Å². The molecule has 8 heteroatoms. The number of methoxy groups -OCH3 is 1. The normalized spacial score (nSPS) is 19.5. The molecule has 32 heavy (non-hydrogen) atoms.